The molecule has 1 aromatic carbocycles. The van der Waals surface area contributed by atoms with Crippen molar-refractivity contribution < 1.29 is 13.6 Å². The SMILES string of the molecule is C=CC(=O)N1CCN(c2nc(=O)n(-c3c(C)ccnc3C(C)C)c3nc(-c4c(F)cccc4NC4CC4)c(F)cc23)[C@@H](C)C1. The van der Waals surface area contributed by atoms with E-state index in [9.17, 15) is 9.59 Å². The summed E-state index contributed by atoms with van der Waals surface area (Å²) in [7, 11) is 0. The van der Waals surface area contributed by atoms with Crippen molar-refractivity contribution in [2.75, 3.05) is 29.9 Å². The zero-order valence-corrected chi connectivity index (χ0v) is 25.3. The molecular formula is C33H35F2N7O2. The predicted octanol–water partition coefficient (Wildman–Crippen LogP) is 5.35. The fraction of sp³-hybridized carbons (Fsp3) is 0.364. The number of aryl methyl sites for hydroxylation is 1. The quantitative estimate of drug-likeness (QED) is 0.286. The number of hydrogen-bond acceptors (Lipinski definition) is 7. The van der Waals surface area contributed by atoms with Gasteiger partial charge in [-0.2, -0.15) is 4.98 Å². The third-order valence-corrected chi connectivity index (χ3v) is 8.30. The number of halogens is 2. The van der Waals surface area contributed by atoms with E-state index >= 15 is 8.78 Å². The Morgan fingerprint density at radius 2 is 1.91 bits per heavy atom. The normalized spacial score (nSPS) is 16.9. The van der Waals surface area contributed by atoms with Crippen LogP contribution in [0.15, 0.2) is 54.0 Å². The van der Waals surface area contributed by atoms with Crippen molar-refractivity contribution >= 4 is 28.4 Å². The Morgan fingerprint density at radius 3 is 2.59 bits per heavy atom. The molecule has 0 radical (unpaired) electrons. The number of fused-ring (bicyclic) bond motifs is 1. The van der Waals surface area contributed by atoms with Gasteiger partial charge < -0.3 is 15.1 Å². The lowest BCUT2D eigenvalue weighted by molar-refractivity contribution is -0.126. The maximum absolute atomic E-state index is 16.2. The second-order valence-corrected chi connectivity index (χ2v) is 11.9. The Bertz CT molecular complexity index is 1850. The van der Waals surface area contributed by atoms with Crippen molar-refractivity contribution in [2.45, 2.75) is 58.5 Å². The van der Waals surface area contributed by atoms with Gasteiger partial charge in [-0.05, 0) is 68.5 Å². The lowest BCUT2D eigenvalue weighted by Crippen LogP contribution is -2.54. The standard InChI is InChI=1S/C33H35F2N7O2/c1-6-26(43)40-14-15-41(20(5)17-40)31-22-16-24(35)29(27-23(34)8-7-9-25(27)37-21-10-11-21)38-32(22)42(33(44)39-31)30-19(4)12-13-36-28(30)18(2)3/h6-9,12-13,16,18,20-21,37H,1,10-11,14-15,17H2,2-5H3/t20-/m0/s1. The Hall–Kier alpha value is -4.67. The minimum Gasteiger partial charge on any atom is -0.382 e. The molecule has 4 heterocycles. The zero-order valence-electron chi connectivity index (χ0n) is 25.3. The van der Waals surface area contributed by atoms with Crippen molar-refractivity contribution in [3.63, 3.8) is 0 Å². The second kappa shape index (κ2) is 11.4. The van der Waals surface area contributed by atoms with Gasteiger partial charge in [-0.3, -0.25) is 9.78 Å². The number of piperazine rings is 1. The van der Waals surface area contributed by atoms with Crippen molar-refractivity contribution in [3.05, 3.63) is 82.6 Å². The van der Waals surface area contributed by atoms with Gasteiger partial charge in [0.15, 0.2) is 11.5 Å². The predicted molar refractivity (Wildman–Crippen MR) is 167 cm³/mol. The largest absolute Gasteiger partial charge is 0.382 e. The first-order valence-corrected chi connectivity index (χ1v) is 14.9. The fourth-order valence-electron chi connectivity index (χ4n) is 5.92. The number of anilines is 2. The first kappa shape index (κ1) is 29.4. The van der Waals surface area contributed by atoms with Crippen LogP contribution in [0.25, 0.3) is 28.0 Å². The Balaban J connectivity index is 1.63. The van der Waals surface area contributed by atoms with Crippen LogP contribution < -0.4 is 15.9 Å². The van der Waals surface area contributed by atoms with E-state index in [2.05, 4.69) is 21.9 Å². The molecule has 11 heteroatoms. The van der Waals surface area contributed by atoms with E-state index in [4.69, 9.17) is 4.98 Å². The Labute approximate surface area is 254 Å². The number of nitrogens with one attached hydrogen (secondary N) is 1. The van der Waals surface area contributed by atoms with E-state index in [1.54, 1.807) is 29.3 Å². The summed E-state index contributed by atoms with van der Waals surface area (Å²) in [5.41, 5.74) is 1.71. The number of nitrogens with zero attached hydrogens (tertiary/aromatic N) is 6. The lowest BCUT2D eigenvalue weighted by Gasteiger charge is -2.40. The van der Waals surface area contributed by atoms with Crippen LogP contribution in [0.3, 0.4) is 0 Å². The molecule has 1 amide bonds. The van der Waals surface area contributed by atoms with Gasteiger partial charge in [-0.15, -0.1) is 0 Å². The summed E-state index contributed by atoms with van der Waals surface area (Å²) in [6.07, 6.45) is 4.85. The molecule has 44 heavy (non-hydrogen) atoms. The van der Waals surface area contributed by atoms with Crippen LogP contribution in [0, 0.1) is 18.6 Å². The highest BCUT2D eigenvalue weighted by atomic mass is 19.1. The molecule has 4 aromatic rings. The van der Waals surface area contributed by atoms with Crippen LogP contribution in [-0.2, 0) is 4.79 Å². The molecule has 228 valence electrons. The van der Waals surface area contributed by atoms with E-state index in [1.807, 2.05) is 32.6 Å². The number of rotatable bonds is 7. The molecule has 0 unspecified atom stereocenters. The highest BCUT2D eigenvalue weighted by molar-refractivity contribution is 5.92. The summed E-state index contributed by atoms with van der Waals surface area (Å²) < 4.78 is 33.1. The summed E-state index contributed by atoms with van der Waals surface area (Å²) in [6, 6.07) is 7.59. The molecule has 1 atom stereocenters. The van der Waals surface area contributed by atoms with Crippen molar-refractivity contribution in [2.24, 2.45) is 0 Å². The van der Waals surface area contributed by atoms with Crippen LogP contribution >= 0.6 is 0 Å². The van der Waals surface area contributed by atoms with Crippen molar-refractivity contribution in [3.8, 4) is 16.9 Å². The van der Waals surface area contributed by atoms with Gasteiger partial charge >= 0.3 is 5.69 Å². The number of amides is 1. The van der Waals surface area contributed by atoms with Gasteiger partial charge in [0.1, 0.15) is 17.3 Å². The summed E-state index contributed by atoms with van der Waals surface area (Å²) in [6.45, 7) is 12.4. The van der Waals surface area contributed by atoms with Crippen molar-refractivity contribution in [1.82, 2.24) is 24.4 Å². The van der Waals surface area contributed by atoms with Crippen LogP contribution in [0.5, 0.6) is 0 Å². The maximum atomic E-state index is 16.2. The fourth-order valence-corrected chi connectivity index (χ4v) is 5.92. The molecule has 1 aliphatic carbocycles. The minimum absolute atomic E-state index is 0.00747. The van der Waals surface area contributed by atoms with Gasteiger partial charge in [0.05, 0.1) is 22.3 Å². The maximum Gasteiger partial charge on any atom is 0.355 e. The number of aromatic nitrogens is 4. The Morgan fingerprint density at radius 1 is 1.14 bits per heavy atom. The first-order valence-electron chi connectivity index (χ1n) is 14.9. The average Bonchev–Trinajstić information content (AvgIpc) is 3.81. The van der Waals surface area contributed by atoms with Crippen LogP contribution in [0.1, 0.15) is 50.8 Å². The number of benzene rings is 1. The molecule has 9 nitrogen and oxygen atoms in total. The van der Waals surface area contributed by atoms with Gasteiger partial charge in [-0.1, -0.05) is 26.5 Å². The second-order valence-electron chi connectivity index (χ2n) is 11.9. The number of carbonyl (C=O) groups excluding carboxylic acids is 1. The summed E-state index contributed by atoms with van der Waals surface area (Å²) in [5.74, 6) is -1.34. The van der Waals surface area contributed by atoms with E-state index in [0.29, 0.717) is 42.1 Å². The molecule has 1 aliphatic heterocycles. The van der Waals surface area contributed by atoms with Gasteiger partial charge in [-0.25, -0.2) is 23.1 Å². The lowest BCUT2D eigenvalue weighted by atomic mass is 10.0. The molecule has 0 spiro atoms. The van der Waals surface area contributed by atoms with Gasteiger partial charge in [0.2, 0.25) is 5.91 Å². The van der Waals surface area contributed by atoms with Crippen LogP contribution in [-0.4, -0.2) is 62.0 Å². The Kier molecular flexibility index (Phi) is 7.65. The molecular weight excluding hydrogens is 564 g/mol. The zero-order chi connectivity index (χ0) is 31.3. The minimum atomic E-state index is -0.741. The molecule has 1 saturated heterocycles. The summed E-state index contributed by atoms with van der Waals surface area (Å²) >= 11 is 0. The average molecular weight is 600 g/mol. The molecule has 2 aliphatic rings. The number of carbonyl (C=O) groups is 1. The van der Waals surface area contributed by atoms with E-state index in [1.165, 1.54) is 22.8 Å². The molecule has 1 N–H and O–H groups in total. The highest BCUT2D eigenvalue weighted by Crippen LogP contribution is 2.38. The molecule has 6 rings (SSSR count). The summed E-state index contributed by atoms with van der Waals surface area (Å²) in [5, 5.41) is 3.59. The molecule has 3 aromatic heterocycles. The topological polar surface area (TPSA) is 96.3 Å². The third-order valence-electron chi connectivity index (χ3n) is 8.30. The smallest absolute Gasteiger partial charge is 0.355 e. The van der Waals surface area contributed by atoms with Gasteiger partial charge in [0, 0.05) is 43.6 Å². The van der Waals surface area contributed by atoms with E-state index < -0.39 is 17.3 Å². The van der Waals surface area contributed by atoms with E-state index in [0.717, 1.165) is 18.4 Å². The first-order chi connectivity index (χ1) is 21.1. The molecule has 2 fully saturated rings. The van der Waals surface area contributed by atoms with Crippen LogP contribution in [0.2, 0.25) is 0 Å². The van der Waals surface area contributed by atoms with Gasteiger partial charge in [0.25, 0.3) is 0 Å². The number of pyridine rings is 2. The highest BCUT2D eigenvalue weighted by Gasteiger charge is 2.31. The van der Waals surface area contributed by atoms with Crippen molar-refractivity contribution in [1.29, 1.82) is 0 Å². The third kappa shape index (κ3) is 5.20. The van der Waals surface area contributed by atoms with Crippen LogP contribution in [0.4, 0.5) is 20.3 Å². The van der Waals surface area contributed by atoms with E-state index in [-0.39, 0.29) is 46.6 Å². The molecule has 0 bridgehead atoms. The monoisotopic (exact) mass is 599 g/mol. The molecule has 1 saturated carbocycles. The number of hydrogen-bond donors (Lipinski definition) is 1. The summed E-state index contributed by atoms with van der Waals surface area (Å²) in [4.78, 5) is 43.8.